The Morgan fingerprint density at radius 2 is 2.22 bits per heavy atom. The Bertz CT molecular complexity index is 420. The fraction of sp³-hybridized carbons (Fsp3) is 0.571. The number of thioether (sulfide) groups is 1. The molecule has 2 rings (SSSR count). The van der Waals surface area contributed by atoms with Gasteiger partial charge in [-0.2, -0.15) is 0 Å². The largest absolute Gasteiger partial charge is 0.396 e. The van der Waals surface area contributed by atoms with E-state index in [1.807, 2.05) is 25.3 Å². The van der Waals surface area contributed by atoms with Crippen LogP contribution in [0.1, 0.15) is 31.4 Å². The van der Waals surface area contributed by atoms with E-state index in [1.165, 1.54) is 11.8 Å². The third kappa shape index (κ3) is 3.05. The van der Waals surface area contributed by atoms with Crippen LogP contribution in [-0.2, 0) is 0 Å². The quantitative estimate of drug-likeness (QED) is 0.779. The highest BCUT2D eigenvalue weighted by Crippen LogP contribution is 2.44. The molecular formula is C14H20FNOS. The second-order valence-electron chi connectivity index (χ2n) is 5.15. The zero-order chi connectivity index (χ0) is 13.2. The lowest BCUT2D eigenvalue weighted by molar-refractivity contribution is 0.204. The summed E-state index contributed by atoms with van der Waals surface area (Å²) in [6.45, 7) is 3.07. The van der Waals surface area contributed by atoms with Crippen LogP contribution >= 0.6 is 11.8 Å². The maximum Gasteiger partial charge on any atom is 0.137 e. The van der Waals surface area contributed by atoms with Gasteiger partial charge in [0, 0.05) is 29.5 Å². The minimum Gasteiger partial charge on any atom is -0.396 e. The third-order valence-electron chi connectivity index (χ3n) is 3.75. The zero-order valence-corrected chi connectivity index (χ0v) is 11.7. The first-order valence-corrected chi connectivity index (χ1v) is 7.50. The lowest BCUT2D eigenvalue weighted by Crippen LogP contribution is -2.28. The van der Waals surface area contributed by atoms with E-state index in [4.69, 9.17) is 0 Å². The van der Waals surface area contributed by atoms with Crippen molar-refractivity contribution in [2.24, 2.45) is 5.41 Å². The molecule has 100 valence electrons. The summed E-state index contributed by atoms with van der Waals surface area (Å²) in [5.41, 5.74) is 1.05. The standard InChI is InChI=1S/C14H20FNOS/c1-10(16-8-14(9-17)5-6-14)11-3-4-13(18-2)12(15)7-11/h3-4,7,10,16-17H,5-6,8-9H2,1-2H3. The minimum absolute atomic E-state index is 0.0893. The van der Waals surface area contributed by atoms with Gasteiger partial charge in [-0.3, -0.25) is 0 Å². The van der Waals surface area contributed by atoms with Crippen molar-refractivity contribution < 1.29 is 9.50 Å². The molecule has 1 unspecified atom stereocenters. The highest BCUT2D eigenvalue weighted by Gasteiger charge is 2.41. The first-order valence-electron chi connectivity index (χ1n) is 6.28. The molecule has 1 aliphatic rings. The van der Waals surface area contributed by atoms with E-state index in [0.29, 0.717) is 4.90 Å². The molecule has 0 aliphatic heterocycles. The van der Waals surface area contributed by atoms with Gasteiger partial charge in [-0.25, -0.2) is 4.39 Å². The Morgan fingerprint density at radius 3 is 2.72 bits per heavy atom. The van der Waals surface area contributed by atoms with E-state index in [2.05, 4.69) is 5.32 Å². The van der Waals surface area contributed by atoms with Crippen LogP contribution in [0.3, 0.4) is 0 Å². The van der Waals surface area contributed by atoms with E-state index in [0.717, 1.165) is 24.9 Å². The summed E-state index contributed by atoms with van der Waals surface area (Å²) in [5, 5.41) is 12.6. The highest BCUT2D eigenvalue weighted by atomic mass is 32.2. The molecule has 1 aromatic carbocycles. The molecule has 2 N–H and O–H groups in total. The third-order valence-corrected chi connectivity index (χ3v) is 4.52. The zero-order valence-electron chi connectivity index (χ0n) is 10.9. The van der Waals surface area contributed by atoms with Crippen LogP contribution < -0.4 is 5.32 Å². The number of aliphatic hydroxyl groups is 1. The van der Waals surface area contributed by atoms with E-state index in [-0.39, 0.29) is 23.9 Å². The van der Waals surface area contributed by atoms with Crippen molar-refractivity contribution in [3.8, 4) is 0 Å². The number of hydrogen-bond donors (Lipinski definition) is 2. The SMILES string of the molecule is CSc1ccc(C(C)NCC2(CO)CC2)cc1F. The summed E-state index contributed by atoms with van der Waals surface area (Å²) >= 11 is 1.42. The number of nitrogens with one attached hydrogen (secondary N) is 1. The summed E-state index contributed by atoms with van der Waals surface area (Å²) in [4.78, 5) is 0.681. The average molecular weight is 269 g/mol. The first kappa shape index (κ1) is 13.8. The lowest BCUT2D eigenvalue weighted by atomic mass is 10.1. The van der Waals surface area contributed by atoms with Crippen molar-refractivity contribution in [2.45, 2.75) is 30.7 Å². The molecule has 0 spiro atoms. The first-order chi connectivity index (χ1) is 8.60. The van der Waals surface area contributed by atoms with Crippen LogP contribution in [0.5, 0.6) is 0 Å². The molecule has 0 aromatic heterocycles. The van der Waals surface area contributed by atoms with Gasteiger partial charge < -0.3 is 10.4 Å². The maximum atomic E-state index is 13.7. The summed E-state index contributed by atoms with van der Waals surface area (Å²) < 4.78 is 13.7. The van der Waals surface area contributed by atoms with Gasteiger partial charge in [0.15, 0.2) is 0 Å². The molecule has 1 aliphatic carbocycles. The van der Waals surface area contributed by atoms with Crippen molar-refractivity contribution in [3.63, 3.8) is 0 Å². The number of aliphatic hydroxyl groups excluding tert-OH is 1. The normalized spacial score (nSPS) is 18.7. The van der Waals surface area contributed by atoms with Crippen molar-refractivity contribution in [1.82, 2.24) is 5.32 Å². The molecule has 0 radical (unpaired) electrons. The molecule has 1 aromatic rings. The predicted molar refractivity (Wildman–Crippen MR) is 73.4 cm³/mol. The topological polar surface area (TPSA) is 32.3 Å². The van der Waals surface area contributed by atoms with Gasteiger partial charge in [-0.1, -0.05) is 6.07 Å². The van der Waals surface area contributed by atoms with Crippen molar-refractivity contribution in [2.75, 3.05) is 19.4 Å². The van der Waals surface area contributed by atoms with Crippen LogP contribution in [0.25, 0.3) is 0 Å². The van der Waals surface area contributed by atoms with Crippen LogP contribution in [0.4, 0.5) is 4.39 Å². The average Bonchev–Trinajstić information content (AvgIpc) is 3.16. The molecule has 0 amide bonds. The minimum atomic E-state index is -0.156. The van der Waals surface area contributed by atoms with E-state index < -0.39 is 0 Å². The van der Waals surface area contributed by atoms with Crippen LogP contribution in [0.2, 0.25) is 0 Å². The number of rotatable bonds is 6. The van der Waals surface area contributed by atoms with Gasteiger partial charge in [-0.15, -0.1) is 11.8 Å². The molecule has 0 saturated heterocycles. The van der Waals surface area contributed by atoms with Gasteiger partial charge >= 0.3 is 0 Å². The Morgan fingerprint density at radius 1 is 1.50 bits per heavy atom. The van der Waals surface area contributed by atoms with Crippen molar-refractivity contribution in [1.29, 1.82) is 0 Å². The molecule has 0 bridgehead atoms. The summed E-state index contributed by atoms with van der Waals surface area (Å²) in [6.07, 6.45) is 4.05. The second kappa shape index (κ2) is 5.59. The van der Waals surface area contributed by atoms with Crippen LogP contribution in [0.15, 0.2) is 23.1 Å². The fourth-order valence-electron chi connectivity index (χ4n) is 2.01. The van der Waals surface area contributed by atoms with E-state index in [1.54, 1.807) is 6.07 Å². The van der Waals surface area contributed by atoms with Gasteiger partial charge in [-0.05, 0) is 43.7 Å². The maximum absolute atomic E-state index is 13.7. The monoisotopic (exact) mass is 269 g/mol. The molecule has 4 heteroatoms. The summed E-state index contributed by atoms with van der Waals surface area (Å²) in [5.74, 6) is -0.156. The highest BCUT2D eigenvalue weighted by molar-refractivity contribution is 7.98. The molecular weight excluding hydrogens is 249 g/mol. The van der Waals surface area contributed by atoms with E-state index in [9.17, 15) is 9.50 Å². The second-order valence-corrected chi connectivity index (χ2v) is 6.00. The lowest BCUT2D eigenvalue weighted by Gasteiger charge is -2.19. The fourth-order valence-corrected chi connectivity index (χ4v) is 2.47. The predicted octanol–water partition coefficient (Wildman–Crippen LogP) is 2.97. The van der Waals surface area contributed by atoms with Gasteiger partial charge in [0.2, 0.25) is 0 Å². The Labute approximate surface area is 112 Å². The van der Waals surface area contributed by atoms with Gasteiger partial charge in [0.05, 0.1) is 0 Å². The molecule has 2 nitrogen and oxygen atoms in total. The molecule has 1 fully saturated rings. The van der Waals surface area contributed by atoms with Gasteiger partial charge in [0.1, 0.15) is 5.82 Å². The summed E-state index contributed by atoms with van der Waals surface area (Å²) in [6, 6.07) is 5.50. The van der Waals surface area contributed by atoms with Crippen LogP contribution in [0, 0.1) is 11.2 Å². The number of benzene rings is 1. The molecule has 1 saturated carbocycles. The Balaban J connectivity index is 1.96. The Hall–Kier alpha value is -0.580. The van der Waals surface area contributed by atoms with Crippen molar-refractivity contribution >= 4 is 11.8 Å². The van der Waals surface area contributed by atoms with E-state index >= 15 is 0 Å². The van der Waals surface area contributed by atoms with Crippen molar-refractivity contribution in [3.05, 3.63) is 29.6 Å². The van der Waals surface area contributed by atoms with Crippen LogP contribution in [-0.4, -0.2) is 24.5 Å². The molecule has 18 heavy (non-hydrogen) atoms. The smallest absolute Gasteiger partial charge is 0.137 e. The molecule has 1 atom stereocenters. The number of halogens is 1. The number of hydrogen-bond acceptors (Lipinski definition) is 3. The van der Waals surface area contributed by atoms with Gasteiger partial charge in [0.25, 0.3) is 0 Å². The summed E-state index contributed by atoms with van der Waals surface area (Å²) in [7, 11) is 0. The Kier molecular flexibility index (Phi) is 4.30. The molecule has 0 heterocycles.